The predicted molar refractivity (Wildman–Crippen MR) is 108 cm³/mol. The highest BCUT2D eigenvalue weighted by molar-refractivity contribution is 6.14. The van der Waals surface area contributed by atoms with Gasteiger partial charge < -0.3 is 5.32 Å². The first-order valence-corrected chi connectivity index (χ1v) is 8.95. The minimum atomic E-state index is -0.290. The number of fused-ring (bicyclic) bond motifs is 2. The van der Waals surface area contributed by atoms with Gasteiger partial charge in [-0.1, -0.05) is 54.6 Å². The van der Waals surface area contributed by atoms with Crippen LogP contribution in [0.15, 0.2) is 72.8 Å². The number of H-pyrrole nitrogens is 1. The summed E-state index contributed by atoms with van der Waals surface area (Å²) >= 11 is 0. The van der Waals surface area contributed by atoms with E-state index in [4.69, 9.17) is 0 Å². The second-order valence-corrected chi connectivity index (χ2v) is 6.65. The Hall–Kier alpha value is -3.93. The molecule has 0 radical (unpaired) electrons. The number of hydrogen-bond donors (Lipinski definition) is 2. The van der Waals surface area contributed by atoms with Gasteiger partial charge in [0.15, 0.2) is 0 Å². The third-order valence-corrected chi connectivity index (χ3v) is 4.89. The monoisotopic (exact) mass is 368 g/mol. The molecule has 0 saturated heterocycles. The number of para-hydroxylation sites is 2. The van der Waals surface area contributed by atoms with Crippen molar-refractivity contribution in [2.75, 3.05) is 16.8 Å². The van der Waals surface area contributed by atoms with Gasteiger partial charge in [0.05, 0.1) is 17.1 Å². The second-order valence-electron chi connectivity index (χ2n) is 6.65. The minimum absolute atomic E-state index is 0.0293. The summed E-state index contributed by atoms with van der Waals surface area (Å²) in [4.78, 5) is 26.6. The molecule has 1 aliphatic heterocycles. The van der Waals surface area contributed by atoms with E-state index in [0.29, 0.717) is 22.8 Å². The molecule has 0 bridgehead atoms. The van der Waals surface area contributed by atoms with E-state index < -0.39 is 0 Å². The quantitative estimate of drug-likeness (QED) is 0.564. The summed E-state index contributed by atoms with van der Waals surface area (Å²) in [6.07, 6.45) is 0. The van der Waals surface area contributed by atoms with E-state index in [0.717, 1.165) is 16.3 Å². The molecule has 0 aliphatic carbocycles. The van der Waals surface area contributed by atoms with Crippen molar-refractivity contribution in [1.82, 2.24) is 10.2 Å². The molecule has 0 spiro atoms. The number of aromatic amines is 1. The molecule has 0 unspecified atom stereocenters. The Bertz CT molecular complexity index is 1220. The number of amides is 2. The predicted octanol–water partition coefficient (Wildman–Crippen LogP) is 3.83. The van der Waals surface area contributed by atoms with E-state index >= 15 is 0 Å². The summed E-state index contributed by atoms with van der Waals surface area (Å²) in [5, 5.41) is 12.2. The van der Waals surface area contributed by atoms with Crippen molar-refractivity contribution < 1.29 is 9.59 Å². The Labute approximate surface area is 160 Å². The highest BCUT2D eigenvalue weighted by Gasteiger charge is 2.28. The van der Waals surface area contributed by atoms with Crippen LogP contribution in [0.25, 0.3) is 22.0 Å². The summed E-state index contributed by atoms with van der Waals surface area (Å²) in [6.45, 7) is -0.0293. The van der Waals surface area contributed by atoms with Crippen LogP contribution in [0.5, 0.6) is 0 Å². The zero-order chi connectivity index (χ0) is 19.1. The Morgan fingerprint density at radius 1 is 0.964 bits per heavy atom. The fourth-order valence-corrected chi connectivity index (χ4v) is 3.58. The molecule has 1 aliphatic rings. The number of carbonyl (C=O) groups is 2. The van der Waals surface area contributed by atoms with E-state index in [2.05, 4.69) is 15.5 Å². The molecule has 2 amide bonds. The fourth-order valence-electron chi connectivity index (χ4n) is 3.58. The van der Waals surface area contributed by atoms with Crippen molar-refractivity contribution >= 4 is 34.0 Å². The Balaban J connectivity index is 1.53. The first kappa shape index (κ1) is 16.3. The summed E-state index contributed by atoms with van der Waals surface area (Å²) < 4.78 is 0. The highest BCUT2D eigenvalue weighted by Crippen LogP contribution is 2.31. The number of anilines is 2. The van der Waals surface area contributed by atoms with Gasteiger partial charge in [0, 0.05) is 5.56 Å². The van der Waals surface area contributed by atoms with Gasteiger partial charge >= 0.3 is 0 Å². The normalized spacial score (nSPS) is 13.3. The summed E-state index contributed by atoms with van der Waals surface area (Å²) in [5.74, 6) is -0.512. The SMILES string of the molecule is O=C1CN(C(=O)c2cc(-c3cccc4ccccc34)n[nH]2)c2ccccc2N1. The zero-order valence-corrected chi connectivity index (χ0v) is 14.8. The molecule has 28 heavy (non-hydrogen) atoms. The van der Waals surface area contributed by atoms with Crippen molar-refractivity contribution in [1.29, 1.82) is 0 Å². The standard InChI is InChI=1S/C22H16N4O2/c27-21-13-26(20-11-4-3-10-17(20)23-21)22(28)19-12-18(24-25-19)16-9-5-7-14-6-1-2-8-15(14)16/h1-12H,13H2,(H,23,27)(H,24,25). The number of rotatable bonds is 2. The summed E-state index contributed by atoms with van der Waals surface area (Å²) in [5.41, 5.74) is 3.28. The lowest BCUT2D eigenvalue weighted by Crippen LogP contribution is -2.42. The molecule has 5 rings (SSSR count). The van der Waals surface area contributed by atoms with Crippen LogP contribution in [0.1, 0.15) is 10.5 Å². The first-order valence-electron chi connectivity index (χ1n) is 8.95. The van der Waals surface area contributed by atoms with Crippen molar-refractivity contribution in [3.8, 4) is 11.3 Å². The minimum Gasteiger partial charge on any atom is -0.323 e. The summed E-state index contributed by atoms with van der Waals surface area (Å²) in [6, 6.07) is 23.0. The van der Waals surface area contributed by atoms with Crippen molar-refractivity contribution in [2.45, 2.75) is 0 Å². The zero-order valence-electron chi connectivity index (χ0n) is 14.8. The van der Waals surface area contributed by atoms with Crippen molar-refractivity contribution in [2.24, 2.45) is 0 Å². The van der Waals surface area contributed by atoms with E-state index in [1.54, 1.807) is 12.1 Å². The maximum atomic E-state index is 13.1. The maximum Gasteiger partial charge on any atom is 0.276 e. The highest BCUT2D eigenvalue weighted by atomic mass is 16.2. The van der Waals surface area contributed by atoms with E-state index in [1.165, 1.54) is 4.90 Å². The van der Waals surface area contributed by atoms with Crippen LogP contribution in [0.2, 0.25) is 0 Å². The van der Waals surface area contributed by atoms with Crippen LogP contribution in [0.3, 0.4) is 0 Å². The lowest BCUT2D eigenvalue weighted by atomic mass is 10.0. The average molecular weight is 368 g/mol. The van der Waals surface area contributed by atoms with Crippen LogP contribution in [-0.2, 0) is 4.79 Å². The molecule has 1 aromatic heterocycles. The number of benzene rings is 3. The molecule has 0 saturated carbocycles. The second kappa shape index (κ2) is 6.35. The fraction of sp³-hybridized carbons (Fsp3) is 0.0455. The number of nitrogens with zero attached hydrogens (tertiary/aromatic N) is 2. The smallest absolute Gasteiger partial charge is 0.276 e. The third-order valence-electron chi connectivity index (χ3n) is 4.89. The molecule has 0 atom stereocenters. The Morgan fingerprint density at radius 2 is 1.75 bits per heavy atom. The van der Waals surface area contributed by atoms with E-state index in [9.17, 15) is 9.59 Å². The van der Waals surface area contributed by atoms with Gasteiger partial charge in [0.2, 0.25) is 5.91 Å². The van der Waals surface area contributed by atoms with Crippen LogP contribution in [0, 0.1) is 0 Å². The number of hydrogen-bond acceptors (Lipinski definition) is 3. The molecule has 4 aromatic rings. The van der Waals surface area contributed by atoms with Crippen LogP contribution in [0.4, 0.5) is 11.4 Å². The maximum absolute atomic E-state index is 13.1. The van der Waals surface area contributed by atoms with Crippen molar-refractivity contribution in [3.05, 3.63) is 78.5 Å². The lowest BCUT2D eigenvalue weighted by molar-refractivity contribution is -0.115. The lowest BCUT2D eigenvalue weighted by Gasteiger charge is -2.28. The number of nitrogens with one attached hydrogen (secondary N) is 2. The van der Waals surface area contributed by atoms with Crippen LogP contribution in [-0.4, -0.2) is 28.6 Å². The third kappa shape index (κ3) is 2.63. The number of aromatic nitrogens is 2. The van der Waals surface area contributed by atoms with Gasteiger partial charge in [0.25, 0.3) is 5.91 Å². The molecule has 2 N–H and O–H groups in total. The van der Waals surface area contributed by atoms with Gasteiger partial charge in [-0.05, 0) is 29.0 Å². The molecule has 6 heteroatoms. The molecule has 136 valence electrons. The van der Waals surface area contributed by atoms with Crippen molar-refractivity contribution in [3.63, 3.8) is 0 Å². The summed E-state index contributed by atoms with van der Waals surface area (Å²) in [7, 11) is 0. The Morgan fingerprint density at radius 3 is 2.68 bits per heavy atom. The molecule has 0 fully saturated rings. The largest absolute Gasteiger partial charge is 0.323 e. The van der Waals surface area contributed by atoms with Crippen LogP contribution >= 0.6 is 0 Å². The Kier molecular flexibility index (Phi) is 3.69. The molecule has 3 aromatic carbocycles. The van der Waals surface area contributed by atoms with Crippen LogP contribution < -0.4 is 10.2 Å². The molecule has 2 heterocycles. The van der Waals surface area contributed by atoms with E-state index in [-0.39, 0.29) is 18.4 Å². The van der Waals surface area contributed by atoms with Gasteiger partial charge in [-0.15, -0.1) is 0 Å². The van der Waals surface area contributed by atoms with E-state index in [1.807, 2.05) is 60.7 Å². The molecule has 6 nitrogen and oxygen atoms in total. The average Bonchev–Trinajstić information content (AvgIpc) is 3.22. The van der Waals surface area contributed by atoms with Gasteiger partial charge in [-0.3, -0.25) is 19.6 Å². The molecular formula is C22H16N4O2. The number of carbonyl (C=O) groups excluding carboxylic acids is 2. The molecular weight excluding hydrogens is 352 g/mol. The topological polar surface area (TPSA) is 78.1 Å². The van der Waals surface area contributed by atoms with Gasteiger partial charge in [0.1, 0.15) is 12.2 Å². The van der Waals surface area contributed by atoms with Gasteiger partial charge in [-0.25, -0.2) is 0 Å². The van der Waals surface area contributed by atoms with Gasteiger partial charge in [-0.2, -0.15) is 5.10 Å². The first-order chi connectivity index (χ1) is 13.7.